The van der Waals surface area contributed by atoms with Gasteiger partial charge in [0.2, 0.25) is 0 Å². The molecule has 0 radical (unpaired) electrons. The highest BCUT2D eigenvalue weighted by Gasteiger charge is 2.04. The normalized spacial score (nSPS) is 19.6. The summed E-state index contributed by atoms with van der Waals surface area (Å²) in [5.41, 5.74) is 1.71. The molecule has 1 aliphatic carbocycles. The molecule has 1 saturated carbocycles. The fraction of sp³-hybridized carbons (Fsp3) is 0.692. The van der Waals surface area contributed by atoms with Gasteiger partial charge in [-0.15, -0.1) is 6.58 Å². The van der Waals surface area contributed by atoms with Gasteiger partial charge in [0.25, 0.3) is 0 Å². The van der Waals surface area contributed by atoms with Crippen LogP contribution in [0.25, 0.3) is 0 Å². The molecule has 13 heavy (non-hydrogen) atoms. The maximum absolute atomic E-state index is 3.81. The van der Waals surface area contributed by atoms with Gasteiger partial charge in [-0.2, -0.15) is 0 Å². The number of hydrogen-bond acceptors (Lipinski definition) is 0. The largest absolute Gasteiger partial charge is 0.103 e. The summed E-state index contributed by atoms with van der Waals surface area (Å²) < 4.78 is 0. The van der Waals surface area contributed by atoms with Gasteiger partial charge in [-0.1, -0.05) is 31.1 Å². The molecule has 0 bridgehead atoms. The van der Waals surface area contributed by atoms with Gasteiger partial charge >= 0.3 is 0 Å². The van der Waals surface area contributed by atoms with E-state index >= 15 is 0 Å². The van der Waals surface area contributed by atoms with Crippen LogP contribution in [-0.2, 0) is 0 Å². The van der Waals surface area contributed by atoms with E-state index in [1.807, 2.05) is 0 Å². The molecule has 0 spiro atoms. The lowest BCUT2D eigenvalue weighted by Crippen LogP contribution is -1.94. The second kappa shape index (κ2) is 6.01. The van der Waals surface area contributed by atoms with Gasteiger partial charge in [-0.05, 0) is 44.4 Å². The van der Waals surface area contributed by atoms with Crippen LogP contribution in [0.1, 0.15) is 51.9 Å². The van der Waals surface area contributed by atoms with Crippen LogP contribution in [-0.4, -0.2) is 0 Å². The Morgan fingerprint density at radius 1 is 1.31 bits per heavy atom. The Labute approximate surface area is 82.7 Å². The molecule has 0 amide bonds. The van der Waals surface area contributed by atoms with E-state index in [0.717, 1.165) is 0 Å². The second-order valence-corrected chi connectivity index (χ2v) is 4.21. The Bertz CT molecular complexity index is 168. The zero-order valence-corrected chi connectivity index (χ0v) is 8.89. The van der Waals surface area contributed by atoms with Crippen molar-refractivity contribution in [3.05, 3.63) is 24.3 Å². The molecule has 1 unspecified atom stereocenters. The Balaban J connectivity index is 2.18. The summed E-state index contributed by atoms with van der Waals surface area (Å²) in [4.78, 5) is 0. The van der Waals surface area contributed by atoms with Gasteiger partial charge in [0.15, 0.2) is 0 Å². The molecule has 0 aromatic carbocycles. The average molecular weight is 178 g/mol. The monoisotopic (exact) mass is 178 g/mol. The molecule has 0 nitrogen and oxygen atoms in total. The first-order valence-corrected chi connectivity index (χ1v) is 5.63. The lowest BCUT2D eigenvalue weighted by Gasteiger charge is -2.13. The van der Waals surface area contributed by atoms with Gasteiger partial charge < -0.3 is 0 Å². The van der Waals surface area contributed by atoms with E-state index in [1.54, 1.807) is 5.57 Å². The first kappa shape index (κ1) is 10.6. The lowest BCUT2D eigenvalue weighted by atomic mass is 9.93. The highest BCUT2D eigenvalue weighted by molar-refractivity contribution is 5.04. The number of hydrogen-bond donors (Lipinski definition) is 0. The van der Waals surface area contributed by atoms with Crippen molar-refractivity contribution in [2.24, 2.45) is 5.92 Å². The van der Waals surface area contributed by atoms with Crippen LogP contribution in [0.15, 0.2) is 24.3 Å². The molecule has 0 aromatic rings. The van der Waals surface area contributed by atoms with E-state index in [9.17, 15) is 0 Å². The maximum Gasteiger partial charge on any atom is -0.0262 e. The van der Waals surface area contributed by atoms with Crippen molar-refractivity contribution in [2.45, 2.75) is 51.9 Å². The summed E-state index contributed by atoms with van der Waals surface area (Å²) in [5, 5.41) is 0. The lowest BCUT2D eigenvalue weighted by molar-refractivity contribution is 0.590. The van der Waals surface area contributed by atoms with Gasteiger partial charge in [0.1, 0.15) is 0 Å². The van der Waals surface area contributed by atoms with Crippen molar-refractivity contribution in [3.8, 4) is 0 Å². The van der Waals surface area contributed by atoms with Crippen LogP contribution in [0.4, 0.5) is 0 Å². The summed E-state index contributed by atoms with van der Waals surface area (Å²) in [6.45, 7) is 6.05. The highest BCUT2D eigenvalue weighted by atomic mass is 14.1. The Hall–Kier alpha value is -0.520. The van der Waals surface area contributed by atoms with E-state index in [0.29, 0.717) is 5.92 Å². The van der Waals surface area contributed by atoms with Crippen molar-refractivity contribution in [3.63, 3.8) is 0 Å². The van der Waals surface area contributed by atoms with E-state index in [1.165, 1.54) is 44.9 Å². The van der Waals surface area contributed by atoms with Crippen molar-refractivity contribution in [2.75, 3.05) is 0 Å². The predicted molar refractivity (Wildman–Crippen MR) is 59.8 cm³/mol. The predicted octanol–water partition coefficient (Wildman–Crippen LogP) is 4.48. The molecule has 1 rings (SSSR count). The summed E-state index contributed by atoms with van der Waals surface area (Å²) in [6.07, 6.45) is 14.1. The second-order valence-electron chi connectivity index (χ2n) is 4.21. The van der Waals surface area contributed by atoms with Crippen LogP contribution in [0.2, 0.25) is 0 Å². The Kier molecular flexibility index (Phi) is 4.88. The molecule has 0 heteroatoms. The zero-order valence-electron chi connectivity index (χ0n) is 8.89. The first-order valence-electron chi connectivity index (χ1n) is 5.63. The third kappa shape index (κ3) is 4.31. The number of rotatable bonds is 4. The molecular formula is C13H22. The smallest absolute Gasteiger partial charge is 0.0262 e. The van der Waals surface area contributed by atoms with Crippen molar-refractivity contribution >= 4 is 0 Å². The van der Waals surface area contributed by atoms with Crippen molar-refractivity contribution in [1.82, 2.24) is 0 Å². The summed E-state index contributed by atoms with van der Waals surface area (Å²) in [5.74, 6) is 0.681. The van der Waals surface area contributed by atoms with Gasteiger partial charge in [-0.25, -0.2) is 0 Å². The van der Waals surface area contributed by atoms with Crippen LogP contribution in [0.5, 0.6) is 0 Å². The van der Waals surface area contributed by atoms with E-state index in [4.69, 9.17) is 0 Å². The molecule has 0 aliphatic heterocycles. The van der Waals surface area contributed by atoms with Crippen molar-refractivity contribution in [1.29, 1.82) is 0 Å². The molecular weight excluding hydrogens is 156 g/mol. The molecule has 0 N–H and O–H groups in total. The molecule has 74 valence electrons. The molecule has 1 fully saturated rings. The summed E-state index contributed by atoms with van der Waals surface area (Å²) >= 11 is 0. The Morgan fingerprint density at radius 3 is 2.62 bits per heavy atom. The fourth-order valence-electron chi connectivity index (χ4n) is 1.88. The van der Waals surface area contributed by atoms with E-state index < -0.39 is 0 Å². The molecule has 0 aromatic heterocycles. The fourth-order valence-corrected chi connectivity index (χ4v) is 1.88. The number of allylic oxidation sites excluding steroid dienone is 3. The zero-order chi connectivity index (χ0) is 9.52. The molecule has 0 saturated heterocycles. The average Bonchev–Trinajstić information content (AvgIpc) is 2.19. The van der Waals surface area contributed by atoms with Crippen LogP contribution < -0.4 is 0 Å². The van der Waals surface area contributed by atoms with Crippen LogP contribution in [0, 0.1) is 5.92 Å². The summed E-state index contributed by atoms with van der Waals surface area (Å²) in [6, 6.07) is 0. The van der Waals surface area contributed by atoms with Crippen LogP contribution >= 0.6 is 0 Å². The minimum absolute atomic E-state index is 0.681. The van der Waals surface area contributed by atoms with Crippen LogP contribution in [0.3, 0.4) is 0 Å². The maximum atomic E-state index is 3.81. The molecule has 0 heterocycles. The topological polar surface area (TPSA) is 0 Å². The highest BCUT2D eigenvalue weighted by Crippen LogP contribution is 2.23. The van der Waals surface area contributed by atoms with E-state index in [2.05, 4.69) is 25.7 Å². The van der Waals surface area contributed by atoms with Gasteiger partial charge in [-0.3, -0.25) is 0 Å². The Morgan fingerprint density at radius 2 is 2.00 bits per heavy atom. The van der Waals surface area contributed by atoms with E-state index in [-0.39, 0.29) is 0 Å². The minimum atomic E-state index is 0.681. The molecule has 1 aliphatic rings. The summed E-state index contributed by atoms with van der Waals surface area (Å²) in [7, 11) is 0. The first-order chi connectivity index (χ1) is 6.33. The van der Waals surface area contributed by atoms with Gasteiger partial charge in [0, 0.05) is 0 Å². The quantitative estimate of drug-likeness (QED) is 0.557. The third-order valence-electron chi connectivity index (χ3n) is 2.95. The third-order valence-corrected chi connectivity index (χ3v) is 2.95. The standard InChI is InChI=1S/C13H22/c1-3-12(2)8-7-11-13-9-5-4-6-10-13/h3,11-12H,1,4-10H2,2H3. The molecule has 1 atom stereocenters. The SMILES string of the molecule is C=CC(C)CCC=C1CCCCC1. The van der Waals surface area contributed by atoms with Crippen molar-refractivity contribution < 1.29 is 0 Å². The van der Waals surface area contributed by atoms with Gasteiger partial charge in [0.05, 0.1) is 0 Å². The minimum Gasteiger partial charge on any atom is -0.103 e.